The van der Waals surface area contributed by atoms with Crippen molar-refractivity contribution in [2.75, 3.05) is 5.32 Å². The number of anilines is 1. The predicted molar refractivity (Wildman–Crippen MR) is 114 cm³/mol. The molecule has 31 heavy (non-hydrogen) atoms. The summed E-state index contributed by atoms with van der Waals surface area (Å²) in [5.41, 5.74) is 1.59. The molecule has 0 radical (unpaired) electrons. The smallest absolute Gasteiger partial charge is 0.259 e. The number of aryl methyl sites for hydroxylation is 1. The summed E-state index contributed by atoms with van der Waals surface area (Å²) in [6.45, 7) is 1.36. The lowest BCUT2D eigenvalue weighted by Gasteiger charge is -2.09. The normalized spacial score (nSPS) is 10.8. The van der Waals surface area contributed by atoms with Gasteiger partial charge in [0.15, 0.2) is 0 Å². The summed E-state index contributed by atoms with van der Waals surface area (Å²) in [6.07, 6.45) is 1.46. The molecule has 0 fully saturated rings. The third-order valence-corrected chi connectivity index (χ3v) is 4.78. The number of carbonyl (C=O) groups excluding carboxylic acids is 1. The largest absolute Gasteiger partial charge is 0.334 e. The molecular weight excluding hydrogens is 423 g/mol. The number of hydrogen-bond acceptors (Lipinski definition) is 5. The molecule has 4 aromatic rings. The Morgan fingerprint density at radius 2 is 1.87 bits per heavy atom. The maximum Gasteiger partial charge on any atom is 0.259 e. The highest BCUT2D eigenvalue weighted by Gasteiger charge is 2.13. The van der Waals surface area contributed by atoms with Crippen LogP contribution in [0.1, 0.15) is 5.56 Å². The first kappa shape index (κ1) is 20.5. The van der Waals surface area contributed by atoms with Crippen LogP contribution in [0, 0.1) is 12.7 Å². The Bertz CT molecular complexity index is 1320. The van der Waals surface area contributed by atoms with Crippen LogP contribution in [0.3, 0.4) is 0 Å². The lowest BCUT2D eigenvalue weighted by atomic mass is 10.2. The van der Waals surface area contributed by atoms with Gasteiger partial charge in [0.2, 0.25) is 11.7 Å². The number of carbonyl (C=O) groups is 1. The van der Waals surface area contributed by atoms with E-state index in [2.05, 4.69) is 15.5 Å². The zero-order valence-corrected chi connectivity index (χ0v) is 17.1. The van der Waals surface area contributed by atoms with E-state index in [4.69, 9.17) is 16.1 Å². The first-order valence-electron chi connectivity index (χ1n) is 9.25. The van der Waals surface area contributed by atoms with Gasteiger partial charge in [-0.05, 0) is 55.0 Å². The number of nitrogens with zero attached hydrogens (tertiary/aromatic N) is 3. The fourth-order valence-corrected chi connectivity index (χ4v) is 2.99. The number of benzene rings is 2. The number of nitrogens with one attached hydrogen (secondary N) is 1. The predicted octanol–water partition coefficient (Wildman–Crippen LogP) is 4.30. The van der Waals surface area contributed by atoms with Crippen molar-refractivity contribution < 1.29 is 13.7 Å². The van der Waals surface area contributed by atoms with Crippen molar-refractivity contribution in [1.29, 1.82) is 0 Å². The van der Waals surface area contributed by atoms with Crippen LogP contribution in [0.2, 0.25) is 5.02 Å². The molecule has 1 amide bonds. The van der Waals surface area contributed by atoms with E-state index < -0.39 is 11.7 Å². The minimum absolute atomic E-state index is 0.194. The van der Waals surface area contributed by atoms with Crippen molar-refractivity contribution in [3.63, 3.8) is 0 Å². The standard InChI is InChI=1S/C22H16ClFN4O3/c1-13-2-8-17(10-18(13)24)25-19(29)12-28-11-15(5-9-20(28)30)22-26-21(27-31-22)14-3-6-16(23)7-4-14/h2-11H,12H2,1H3,(H,25,29). The first-order valence-corrected chi connectivity index (χ1v) is 9.63. The van der Waals surface area contributed by atoms with Gasteiger partial charge in [-0.15, -0.1) is 0 Å². The summed E-state index contributed by atoms with van der Waals surface area (Å²) >= 11 is 5.89. The average Bonchev–Trinajstić information content (AvgIpc) is 3.23. The maximum atomic E-state index is 13.7. The highest BCUT2D eigenvalue weighted by molar-refractivity contribution is 6.30. The summed E-state index contributed by atoms with van der Waals surface area (Å²) in [4.78, 5) is 28.9. The zero-order chi connectivity index (χ0) is 22.0. The number of rotatable bonds is 5. The van der Waals surface area contributed by atoms with E-state index >= 15 is 0 Å². The minimum atomic E-state index is -0.477. The lowest BCUT2D eigenvalue weighted by molar-refractivity contribution is -0.116. The number of aromatic nitrogens is 3. The molecular formula is C22H16ClFN4O3. The number of pyridine rings is 1. The molecule has 7 nitrogen and oxygen atoms in total. The molecule has 156 valence electrons. The van der Waals surface area contributed by atoms with E-state index in [9.17, 15) is 14.0 Å². The van der Waals surface area contributed by atoms with Gasteiger partial charge in [-0.3, -0.25) is 9.59 Å². The van der Waals surface area contributed by atoms with Crippen LogP contribution in [0.5, 0.6) is 0 Å². The van der Waals surface area contributed by atoms with Gasteiger partial charge in [0, 0.05) is 28.5 Å². The number of halogens is 2. The van der Waals surface area contributed by atoms with Crippen LogP contribution in [0.15, 0.2) is 70.1 Å². The Kier molecular flexibility index (Phi) is 5.64. The highest BCUT2D eigenvalue weighted by Crippen LogP contribution is 2.23. The quantitative estimate of drug-likeness (QED) is 0.501. The van der Waals surface area contributed by atoms with Gasteiger partial charge in [-0.1, -0.05) is 22.8 Å². The summed E-state index contributed by atoms with van der Waals surface area (Å²) in [5, 5.41) is 7.11. The van der Waals surface area contributed by atoms with Gasteiger partial charge >= 0.3 is 0 Å². The average molecular weight is 439 g/mol. The van der Waals surface area contributed by atoms with E-state index in [1.165, 1.54) is 29.0 Å². The molecule has 0 bridgehead atoms. The lowest BCUT2D eigenvalue weighted by Crippen LogP contribution is -2.26. The van der Waals surface area contributed by atoms with Crippen molar-refractivity contribution in [2.45, 2.75) is 13.5 Å². The molecule has 9 heteroatoms. The molecule has 0 aliphatic carbocycles. The summed E-state index contributed by atoms with van der Waals surface area (Å²) in [5.74, 6) is -0.344. The second-order valence-electron chi connectivity index (χ2n) is 6.83. The van der Waals surface area contributed by atoms with E-state index in [0.29, 0.717) is 27.7 Å². The zero-order valence-electron chi connectivity index (χ0n) is 16.3. The fourth-order valence-electron chi connectivity index (χ4n) is 2.86. The topological polar surface area (TPSA) is 90.0 Å². The number of hydrogen-bond donors (Lipinski definition) is 1. The van der Waals surface area contributed by atoms with Gasteiger partial charge < -0.3 is 14.4 Å². The van der Waals surface area contributed by atoms with E-state index in [1.807, 2.05) is 0 Å². The molecule has 0 aliphatic rings. The van der Waals surface area contributed by atoms with Crippen molar-refractivity contribution in [1.82, 2.24) is 14.7 Å². The molecule has 2 heterocycles. The van der Waals surface area contributed by atoms with Crippen molar-refractivity contribution in [2.24, 2.45) is 0 Å². The Balaban J connectivity index is 1.53. The monoisotopic (exact) mass is 438 g/mol. The van der Waals surface area contributed by atoms with Crippen molar-refractivity contribution in [3.05, 3.63) is 87.6 Å². The molecule has 0 unspecified atom stereocenters. The molecule has 2 aromatic carbocycles. The minimum Gasteiger partial charge on any atom is -0.334 e. The maximum absolute atomic E-state index is 13.7. The highest BCUT2D eigenvalue weighted by atomic mass is 35.5. The summed E-state index contributed by atoms with van der Waals surface area (Å²) in [7, 11) is 0. The molecule has 0 saturated heterocycles. The van der Waals surface area contributed by atoms with Crippen LogP contribution in [0.25, 0.3) is 22.8 Å². The molecule has 0 aliphatic heterocycles. The van der Waals surface area contributed by atoms with Crippen molar-refractivity contribution in [3.8, 4) is 22.8 Å². The fraction of sp³-hybridized carbons (Fsp3) is 0.0909. The van der Waals surface area contributed by atoms with E-state index in [1.54, 1.807) is 43.3 Å². The SMILES string of the molecule is Cc1ccc(NC(=O)Cn2cc(-c3nc(-c4ccc(Cl)cc4)no3)ccc2=O)cc1F. The molecule has 0 atom stereocenters. The van der Waals surface area contributed by atoms with Crippen LogP contribution in [-0.4, -0.2) is 20.6 Å². The van der Waals surface area contributed by atoms with Crippen LogP contribution in [-0.2, 0) is 11.3 Å². The molecule has 0 spiro atoms. The molecule has 0 saturated carbocycles. The van der Waals surface area contributed by atoms with Crippen molar-refractivity contribution >= 4 is 23.2 Å². The number of amides is 1. The van der Waals surface area contributed by atoms with Crippen LogP contribution >= 0.6 is 11.6 Å². The third kappa shape index (κ3) is 4.70. The van der Waals surface area contributed by atoms with E-state index in [-0.39, 0.29) is 18.0 Å². The van der Waals surface area contributed by atoms with E-state index in [0.717, 1.165) is 5.56 Å². The van der Waals surface area contributed by atoms with Crippen LogP contribution in [0.4, 0.5) is 10.1 Å². The van der Waals surface area contributed by atoms with Gasteiger partial charge in [0.25, 0.3) is 11.4 Å². The van der Waals surface area contributed by atoms with Gasteiger partial charge in [0.1, 0.15) is 12.4 Å². The van der Waals surface area contributed by atoms with Gasteiger partial charge in [-0.2, -0.15) is 4.98 Å². The second kappa shape index (κ2) is 8.53. The third-order valence-electron chi connectivity index (χ3n) is 4.53. The van der Waals surface area contributed by atoms with Gasteiger partial charge in [-0.25, -0.2) is 4.39 Å². The van der Waals surface area contributed by atoms with Gasteiger partial charge in [0.05, 0.1) is 5.56 Å². The Morgan fingerprint density at radius 3 is 2.61 bits per heavy atom. The molecule has 2 aromatic heterocycles. The summed E-state index contributed by atoms with van der Waals surface area (Å²) in [6, 6.07) is 14.2. The molecule has 1 N–H and O–H groups in total. The molecule has 4 rings (SSSR count). The Hall–Kier alpha value is -3.78. The summed E-state index contributed by atoms with van der Waals surface area (Å²) < 4.78 is 20.2. The Morgan fingerprint density at radius 1 is 1.13 bits per heavy atom. The Labute approximate surface area is 181 Å². The first-order chi connectivity index (χ1) is 14.9. The van der Waals surface area contributed by atoms with Crippen LogP contribution < -0.4 is 10.9 Å². The second-order valence-corrected chi connectivity index (χ2v) is 7.26.